The summed E-state index contributed by atoms with van der Waals surface area (Å²) in [5.74, 6) is 0.646. The molecule has 0 aliphatic rings. The molecule has 0 radical (unpaired) electrons. The van der Waals surface area contributed by atoms with Gasteiger partial charge in [0.05, 0.1) is 18.2 Å². The van der Waals surface area contributed by atoms with E-state index in [1.165, 1.54) is 6.08 Å². The van der Waals surface area contributed by atoms with Gasteiger partial charge in [0.15, 0.2) is 0 Å². The van der Waals surface area contributed by atoms with Crippen LogP contribution in [0.1, 0.15) is 12.5 Å². The molecule has 0 N–H and O–H groups in total. The molecule has 0 atom stereocenters. The molecule has 0 heterocycles. The first kappa shape index (κ1) is 10.8. The van der Waals surface area contributed by atoms with Gasteiger partial charge in [-0.25, -0.2) is 9.79 Å². The van der Waals surface area contributed by atoms with E-state index in [-0.39, 0.29) is 0 Å². The summed E-state index contributed by atoms with van der Waals surface area (Å²) in [6, 6.07) is 5.31. The monoisotopic (exact) mass is 211 g/mol. The number of hydrogen-bond donors (Lipinski definition) is 0. The summed E-state index contributed by atoms with van der Waals surface area (Å²) in [7, 11) is 0. The maximum atomic E-state index is 9.88. The molecule has 0 amide bonds. The second-order valence-corrected chi connectivity index (χ2v) is 3.01. The molecule has 74 valence electrons. The van der Waals surface area contributed by atoms with Crippen molar-refractivity contribution in [3.8, 4) is 5.75 Å². The zero-order chi connectivity index (χ0) is 10.4. The minimum atomic E-state index is 0.301. The highest BCUT2D eigenvalue weighted by Gasteiger charge is 2.01. The Morgan fingerprint density at radius 3 is 2.93 bits per heavy atom. The first-order chi connectivity index (χ1) is 6.77. The third kappa shape index (κ3) is 2.87. The van der Waals surface area contributed by atoms with Crippen LogP contribution in [0.2, 0.25) is 5.02 Å². The van der Waals surface area contributed by atoms with E-state index in [0.717, 1.165) is 5.56 Å². The van der Waals surface area contributed by atoms with Gasteiger partial charge in [-0.3, -0.25) is 0 Å². The van der Waals surface area contributed by atoms with Crippen LogP contribution in [0, 0.1) is 0 Å². The zero-order valence-corrected chi connectivity index (χ0v) is 8.54. The van der Waals surface area contributed by atoms with E-state index in [0.29, 0.717) is 23.9 Å². The van der Waals surface area contributed by atoms with E-state index < -0.39 is 0 Å². The molecule has 0 aliphatic heterocycles. The summed E-state index contributed by atoms with van der Waals surface area (Å²) in [6.45, 7) is 2.77. The van der Waals surface area contributed by atoms with Crippen molar-refractivity contribution in [2.45, 2.75) is 13.5 Å². The molecule has 3 nitrogen and oxygen atoms in total. The van der Waals surface area contributed by atoms with Crippen LogP contribution in [-0.2, 0) is 11.3 Å². The molecule has 0 fully saturated rings. The van der Waals surface area contributed by atoms with Gasteiger partial charge in [0.1, 0.15) is 5.75 Å². The third-order valence-electron chi connectivity index (χ3n) is 1.62. The highest BCUT2D eigenvalue weighted by Crippen LogP contribution is 2.25. The lowest BCUT2D eigenvalue weighted by molar-refractivity contribution is 0.340. The molecule has 0 bridgehead atoms. The first-order valence-corrected chi connectivity index (χ1v) is 4.60. The van der Waals surface area contributed by atoms with Gasteiger partial charge in [-0.15, -0.1) is 0 Å². The normalized spacial score (nSPS) is 9.29. The summed E-state index contributed by atoms with van der Waals surface area (Å²) in [6.07, 6.45) is 1.48. The lowest BCUT2D eigenvalue weighted by Gasteiger charge is -2.05. The van der Waals surface area contributed by atoms with Crippen LogP contribution in [0.25, 0.3) is 0 Å². The largest absolute Gasteiger partial charge is 0.492 e. The quantitative estimate of drug-likeness (QED) is 0.567. The van der Waals surface area contributed by atoms with Gasteiger partial charge in [-0.2, -0.15) is 0 Å². The zero-order valence-electron chi connectivity index (χ0n) is 7.79. The minimum absolute atomic E-state index is 0.301. The van der Waals surface area contributed by atoms with Gasteiger partial charge in [0.25, 0.3) is 0 Å². The predicted octanol–water partition coefficient (Wildman–Crippen LogP) is 2.57. The number of nitrogens with zero attached hydrogens (tertiary/aromatic N) is 1. The van der Waals surface area contributed by atoms with Crippen LogP contribution < -0.4 is 4.74 Å². The number of carbonyl (C=O) groups excluding carboxylic acids is 1. The molecule has 0 saturated carbocycles. The summed E-state index contributed by atoms with van der Waals surface area (Å²) < 4.78 is 5.26. The van der Waals surface area contributed by atoms with Gasteiger partial charge in [-0.1, -0.05) is 17.7 Å². The van der Waals surface area contributed by atoms with Gasteiger partial charge >= 0.3 is 0 Å². The van der Waals surface area contributed by atoms with Crippen molar-refractivity contribution in [3.63, 3.8) is 0 Å². The van der Waals surface area contributed by atoms with Gasteiger partial charge in [-0.05, 0) is 24.6 Å². The molecule has 1 rings (SSSR count). The van der Waals surface area contributed by atoms with E-state index >= 15 is 0 Å². The lowest BCUT2D eigenvalue weighted by Crippen LogP contribution is -1.92. The molecule has 4 heteroatoms. The number of benzene rings is 1. The van der Waals surface area contributed by atoms with E-state index in [4.69, 9.17) is 16.3 Å². The lowest BCUT2D eigenvalue weighted by atomic mass is 10.2. The van der Waals surface area contributed by atoms with E-state index in [1.807, 2.05) is 13.0 Å². The van der Waals surface area contributed by atoms with Crippen LogP contribution in [0.15, 0.2) is 23.2 Å². The van der Waals surface area contributed by atoms with Crippen molar-refractivity contribution in [2.75, 3.05) is 6.61 Å². The Morgan fingerprint density at radius 2 is 2.36 bits per heavy atom. The Bertz CT molecular complexity index is 359. The average molecular weight is 212 g/mol. The highest BCUT2D eigenvalue weighted by atomic mass is 35.5. The third-order valence-corrected chi connectivity index (χ3v) is 1.92. The van der Waals surface area contributed by atoms with Crippen LogP contribution in [0.5, 0.6) is 5.75 Å². The maximum Gasteiger partial charge on any atom is 0.235 e. The molecule has 0 unspecified atom stereocenters. The molecule has 0 spiro atoms. The molecule has 0 aliphatic carbocycles. The summed E-state index contributed by atoms with van der Waals surface area (Å²) in [5, 5.41) is 0.533. The molecule has 1 aromatic rings. The molecule has 1 aromatic carbocycles. The van der Waals surface area contributed by atoms with Crippen molar-refractivity contribution < 1.29 is 9.53 Å². The Hall–Kier alpha value is -1.31. The van der Waals surface area contributed by atoms with E-state index in [2.05, 4.69) is 4.99 Å². The number of isocyanates is 1. The standard InChI is InChI=1S/C10H10ClNO2/c1-2-14-10-4-3-8(5-9(10)11)6-12-7-13/h3-5H,2,6H2,1H3. The van der Waals surface area contributed by atoms with Crippen molar-refractivity contribution >= 4 is 17.7 Å². The topological polar surface area (TPSA) is 38.7 Å². The Balaban J connectivity index is 2.82. The van der Waals surface area contributed by atoms with Crippen LogP contribution in [-0.4, -0.2) is 12.7 Å². The predicted molar refractivity (Wildman–Crippen MR) is 54.4 cm³/mol. The summed E-state index contributed by atoms with van der Waals surface area (Å²) in [4.78, 5) is 13.3. The fourth-order valence-corrected chi connectivity index (χ4v) is 1.30. The fourth-order valence-electron chi connectivity index (χ4n) is 1.04. The maximum absolute atomic E-state index is 9.88. The molecular weight excluding hydrogens is 202 g/mol. The summed E-state index contributed by atoms with van der Waals surface area (Å²) >= 11 is 5.92. The van der Waals surface area contributed by atoms with Crippen LogP contribution >= 0.6 is 11.6 Å². The number of halogens is 1. The average Bonchev–Trinajstić information content (AvgIpc) is 2.19. The number of rotatable bonds is 4. The smallest absolute Gasteiger partial charge is 0.235 e. The minimum Gasteiger partial charge on any atom is -0.492 e. The Morgan fingerprint density at radius 1 is 1.57 bits per heavy atom. The molecule has 0 saturated heterocycles. The Kier molecular flexibility index (Phi) is 4.17. The number of ether oxygens (including phenoxy) is 1. The van der Waals surface area contributed by atoms with Crippen molar-refractivity contribution in [2.24, 2.45) is 4.99 Å². The van der Waals surface area contributed by atoms with Gasteiger partial charge in [0, 0.05) is 0 Å². The van der Waals surface area contributed by atoms with Crippen LogP contribution in [0.4, 0.5) is 0 Å². The summed E-state index contributed by atoms with van der Waals surface area (Å²) in [5.41, 5.74) is 0.863. The second kappa shape index (κ2) is 5.43. The second-order valence-electron chi connectivity index (χ2n) is 2.61. The SMILES string of the molecule is CCOc1ccc(CN=C=O)cc1Cl. The first-order valence-electron chi connectivity index (χ1n) is 4.22. The van der Waals surface area contributed by atoms with Gasteiger partial charge in [0.2, 0.25) is 6.08 Å². The molecular formula is C10H10ClNO2. The van der Waals surface area contributed by atoms with Gasteiger partial charge < -0.3 is 4.74 Å². The van der Waals surface area contributed by atoms with E-state index in [1.54, 1.807) is 12.1 Å². The van der Waals surface area contributed by atoms with Crippen molar-refractivity contribution in [3.05, 3.63) is 28.8 Å². The van der Waals surface area contributed by atoms with E-state index in [9.17, 15) is 4.79 Å². The highest BCUT2D eigenvalue weighted by molar-refractivity contribution is 6.32. The number of hydrogen-bond acceptors (Lipinski definition) is 3. The van der Waals surface area contributed by atoms with Crippen LogP contribution in [0.3, 0.4) is 0 Å². The molecule has 14 heavy (non-hydrogen) atoms. The van der Waals surface area contributed by atoms with Crippen molar-refractivity contribution in [1.82, 2.24) is 0 Å². The van der Waals surface area contributed by atoms with Crippen molar-refractivity contribution in [1.29, 1.82) is 0 Å². The molecule has 0 aromatic heterocycles. The number of aliphatic imine (C=N–C) groups is 1. The Labute approximate surface area is 87.4 Å². The fraction of sp³-hybridized carbons (Fsp3) is 0.300.